The normalized spacial score (nSPS) is 12.8. The summed E-state index contributed by atoms with van der Waals surface area (Å²) in [4.78, 5) is 11.4. The maximum atomic E-state index is 12.0. The number of aliphatic hydroxyl groups is 1. The van der Waals surface area contributed by atoms with E-state index in [9.17, 15) is 18.0 Å². The monoisotopic (exact) mass is 291 g/mol. The maximum absolute atomic E-state index is 12.0. The highest BCUT2D eigenvalue weighted by Crippen LogP contribution is 2.22. The van der Waals surface area contributed by atoms with Crippen molar-refractivity contribution in [2.45, 2.75) is 32.2 Å². The molecule has 0 aromatic heterocycles. The lowest BCUT2D eigenvalue weighted by molar-refractivity contribution is -0.274. The third-order valence-corrected chi connectivity index (χ3v) is 2.48. The molecule has 0 aliphatic rings. The molecule has 2 N–H and O–H groups in total. The second-order valence-electron chi connectivity index (χ2n) is 4.34. The molecule has 1 aromatic rings. The fourth-order valence-corrected chi connectivity index (χ4v) is 1.51. The predicted octanol–water partition coefficient (Wildman–Crippen LogP) is 2.01. The number of amides is 1. The lowest BCUT2D eigenvalue weighted by atomic mass is 10.1. The molecule has 0 aliphatic heterocycles. The van der Waals surface area contributed by atoms with Crippen LogP contribution in [-0.2, 0) is 11.2 Å². The molecule has 7 heteroatoms. The van der Waals surface area contributed by atoms with Gasteiger partial charge in [0, 0.05) is 12.5 Å². The Labute approximate surface area is 114 Å². The summed E-state index contributed by atoms with van der Waals surface area (Å²) in [5, 5.41) is 11.4. The molecule has 1 unspecified atom stereocenters. The number of alkyl halides is 3. The molecule has 1 rings (SSSR count). The van der Waals surface area contributed by atoms with Crippen molar-refractivity contribution in [2.24, 2.45) is 0 Å². The van der Waals surface area contributed by atoms with Gasteiger partial charge in [-0.15, -0.1) is 13.2 Å². The first kappa shape index (κ1) is 16.3. The molecular formula is C13H16F3NO3. The molecule has 0 saturated carbocycles. The zero-order chi connectivity index (χ0) is 15.2. The Balaban J connectivity index is 2.44. The summed E-state index contributed by atoms with van der Waals surface area (Å²) < 4.78 is 39.6. The summed E-state index contributed by atoms with van der Waals surface area (Å²) in [7, 11) is 0. The first-order chi connectivity index (χ1) is 9.30. The number of nitrogens with one attached hydrogen (secondary N) is 1. The Kier molecular flexibility index (Phi) is 5.82. The molecule has 0 bridgehead atoms. The summed E-state index contributed by atoms with van der Waals surface area (Å²) in [6.07, 6.45) is -4.11. The van der Waals surface area contributed by atoms with Gasteiger partial charge in [0.05, 0.1) is 6.61 Å². The first-order valence-electron chi connectivity index (χ1n) is 6.05. The van der Waals surface area contributed by atoms with E-state index < -0.39 is 6.36 Å². The number of carbonyl (C=O) groups is 1. The second-order valence-corrected chi connectivity index (χ2v) is 4.34. The van der Waals surface area contributed by atoms with Crippen LogP contribution in [-0.4, -0.2) is 30.0 Å². The van der Waals surface area contributed by atoms with Gasteiger partial charge in [-0.25, -0.2) is 0 Å². The highest BCUT2D eigenvalue weighted by molar-refractivity contribution is 5.76. The highest BCUT2D eigenvalue weighted by atomic mass is 19.4. The molecule has 1 amide bonds. The predicted molar refractivity (Wildman–Crippen MR) is 66.1 cm³/mol. The van der Waals surface area contributed by atoms with Crippen molar-refractivity contribution in [3.8, 4) is 5.75 Å². The molecule has 112 valence electrons. The number of rotatable bonds is 6. The molecule has 0 spiro atoms. The lowest BCUT2D eigenvalue weighted by Gasteiger charge is -2.11. The first-order valence-corrected chi connectivity index (χ1v) is 6.05. The van der Waals surface area contributed by atoms with Crippen LogP contribution in [0.1, 0.15) is 18.9 Å². The van der Waals surface area contributed by atoms with Gasteiger partial charge in [0.1, 0.15) is 5.75 Å². The third-order valence-electron chi connectivity index (χ3n) is 2.48. The van der Waals surface area contributed by atoms with E-state index in [1.807, 2.05) is 0 Å². The molecule has 20 heavy (non-hydrogen) atoms. The zero-order valence-electron chi connectivity index (χ0n) is 10.9. The van der Waals surface area contributed by atoms with Crippen molar-refractivity contribution in [3.05, 3.63) is 29.8 Å². The van der Waals surface area contributed by atoms with Crippen LogP contribution < -0.4 is 10.1 Å². The summed E-state index contributed by atoms with van der Waals surface area (Å²) in [6.45, 7) is 1.52. The Morgan fingerprint density at radius 1 is 1.35 bits per heavy atom. The summed E-state index contributed by atoms with van der Waals surface area (Å²) in [5.41, 5.74) is 0.728. The van der Waals surface area contributed by atoms with Crippen LogP contribution in [0, 0.1) is 0 Å². The fraction of sp³-hybridized carbons (Fsp3) is 0.462. The van der Waals surface area contributed by atoms with Crippen molar-refractivity contribution in [1.29, 1.82) is 0 Å². The van der Waals surface area contributed by atoms with Crippen LogP contribution in [0.4, 0.5) is 13.2 Å². The minimum absolute atomic E-state index is 0.144. The van der Waals surface area contributed by atoms with Gasteiger partial charge in [0.2, 0.25) is 5.91 Å². The number of aryl methyl sites for hydroxylation is 1. The van der Waals surface area contributed by atoms with Crippen LogP contribution in [0.5, 0.6) is 5.75 Å². The van der Waals surface area contributed by atoms with Gasteiger partial charge < -0.3 is 15.2 Å². The molecule has 0 aliphatic carbocycles. The Hall–Kier alpha value is -1.76. The van der Waals surface area contributed by atoms with Gasteiger partial charge in [-0.1, -0.05) is 12.1 Å². The fourth-order valence-electron chi connectivity index (χ4n) is 1.51. The van der Waals surface area contributed by atoms with E-state index in [1.165, 1.54) is 24.3 Å². The largest absolute Gasteiger partial charge is 0.573 e. The second kappa shape index (κ2) is 7.14. The van der Waals surface area contributed by atoms with E-state index in [2.05, 4.69) is 10.1 Å². The Morgan fingerprint density at radius 3 is 2.45 bits per heavy atom. The molecule has 0 fully saturated rings. The van der Waals surface area contributed by atoms with E-state index in [1.54, 1.807) is 6.92 Å². The Bertz CT molecular complexity index is 431. The molecule has 0 saturated heterocycles. The van der Waals surface area contributed by atoms with Gasteiger partial charge in [0.15, 0.2) is 0 Å². The van der Waals surface area contributed by atoms with Gasteiger partial charge in [-0.05, 0) is 31.0 Å². The number of carbonyl (C=O) groups excluding carboxylic acids is 1. The van der Waals surface area contributed by atoms with Crippen LogP contribution >= 0.6 is 0 Å². The number of hydrogen-bond donors (Lipinski definition) is 2. The smallest absolute Gasteiger partial charge is 0.406 e. The number of aliphatic hydroxyl groups excluding tert-OH is 1. The van der Waals surface area contributed by atoms with Crippen molar-refractivity contribution in [2.75, 3.05) is 6.61 Å². The number of benzene rings is 1. The highest BCUT2D eigenvalue weighted by Gasteiger charge is 2.30. The van der Waals surface area contributed by atoms with E-state index in [-0.39, 0.29) is 30.7 Å². The molecule has 1 aromatic carbocycles. The molecule has 4 nitrogen and oxygen atoms in total. The van der Waals surface area contributed by atoms with E-state index in [4.69, 9.17) is 5.11 Å². The summed E-state index contributed by atoms with van der Waals surface area (Å²) in [5.74, 6) is -0.512. The lowest BCUT2D eigenvalue weighted by Crippen LogP contribution is -2.35. The molecule has 1 atom stereocenters. The van der Waals surface area contributed by atoms with Gasteiger partial charge in [0.25, 0.3) is 0 Å². The van der Waals surface area contributed by atoms with Crippen molar-refractivity contribution in [3.63, 3.8) is 0 Å². The number of ether oxygens (including phenoxy) is 1. The standard InChI is InChI=1S/C13H16F3NO3/c1-9(8-18)17-12(19)7-4-10-2-5-11(6-3-10)20-13(14,15)16/h2-3,5-6,9,18H,4,7-8H2,1H3,(H,17,19). The topological polar surface area (TPSA) is 58.6 Å². The van der Waals surface area contributed by atoms with E-state index in [0.717, 1.165) is 5.56 Å². The Morgan fingerprint density at radius 2 is 1.95 bits per heavy atom. The molecular weight excluding hydrogens is 275 g/mol. The van der Waals surface area contributed by atoms with Crippen LogP contribution in [0.15, 0.2) is 24.3 Å². The van der Waals surface area contributed by atoms with Crippen molar-refractivity contribution >= 4 is 5.91 Å². The average Bonchev–Trinajstić information content (AvgIpc) is 2.36. The van der Waals surface area contributed by atoms with Gasteiger partial charge in [-0.3, -0.25) is 4.79 Å². The number of halogens is 3. The van der Waals surface area contributed by atoms with Gasteiger partial charge >= 0.3 is 6.36 Å². The van der Waals surface area contributed by atoms with Crippen molar-refractivity contribution < 1.29 is 27.8 Å². The maximum Gasteiger partial charge on any atom is 0.573 e. The zero-order valence-corrected chi connectivity index (χ0v) is 10.9. The average molecular weight is 291 g/mol. The number of hydrogen-bond acceptors (Lipinski definition) is 3. The van der Waals surface area contributed by atoms with Crippen LogP contribution in [0.2, 0.25) is 0 Å². The third kappa shape index (κ3) is 6.42. The van der Waals surface area contributed by atoms with Crippen molar-refractivity contribution in [1.82, 2.24) is 5.32 Å². The van der Waals surface area contributed by atoms with E-state index >= 15 is 0 Å². The molecule has 0 heterocycles. The van der Waals surface area contributed by atoms with Gasteiger partial charge in [-0.2, -0.15) is 0 Å². The SMILES string of the molecule is CC(CO)NC(=O)CCc1ccc(OC(F)(F)F)cc1. The minimum Gasteiger partial charge on any atom is -0.406 e. The quantitative estimate of drug-likeness (QED) is 0.843. The minimum atomic E-state index is -4.71. The van der Waals surface area contributed by atoms with Crippen LogP contribution in [0.25, 0.3) is 0 Å². The molecule has 0 radical (unpaired) electrons. The summed E-state index contributed by atoms with van der Waals surface area (Å²) >= 11 is 0. The summed E-state index contributed by atoms with van der Waals surface area (Å²) in [6, 6.07) is 5.05. The van der Waals surface area contributed by atoms with Crippen LogP contribution in [0.3, 0.4) is 0 Å². The van der Waals surface area contributed by atoms with E-state index in [0.29, 0.717) is 6.42 Å².